The number of unbranched alkanes of at least 4 members (excludes halogenated alkanes) is 13. The summed E-state index contributed by atoms with van der Waals surface area (Å²) >= 11 is 0. The van der Waals surface area contributed by atoms with Crippen LogP contribution in [0.15, 0.2) is 36.5 Å². The highest BCUT2D eigenvalue weighted by Crippen LogP contribution is 2.13. The van der Waals surface area contributed by atoms with Crippen LogP contribution in [0, 0.1) is 0 Å². The fourth-order valence-electron chi connectivity index (χ4n) is 4.72. The minimum Gasteiger partial charge on any atom is -0.463 e. The van der Waals surface area contributed by atoms with Crippen LogP contribution in [0.1, 0.15) is 155 Å². The lowest BCUT2D eigenvalue weighted by Crippen LogP contribution is -2.26. The number of hydrogen-bond acceptors (Lipinski definition) is 7. The topological polar surface area (TPSA) is 113 Å². The molecular formula is C37H66O7. The van der Waals surface area contributed by atoms with Gasteiger partial charge in [-0.15, -0.1) is 0 Å². The van der Waals surface area contributed by atoms with Crippen LogP contribution < -0.4 is 0 Å². The van der Waals surface area contributed by atoms with Crippen molar-refractivity contribution < 1.29 is 34.4 Å². The molecule has 0 saturated carbocycles. The number of rotatable bonds is 31. The molecule has 44 heavy (non-hydrogen) atoms. The molecule has 7 heteroatoms. The Morgan fingerprint density at radius 3 is 1.57 bits per heavy atom. The van der Waals surface area contributed by atoms with Gasteiger partial charge in [0.2, 0.25) is 0 Å². The molecule has 0 bridgehead atoms. The Kier molecular flexibility index (Phi) is 31.0. The van der Waals surface area contributed by atoms with Crippen LogP contribution in [0.4, 0.5) is 0 Å². The van der Waals surface area contributed by atoms with E-state index in [4.69, 9.17) is 9.47 Å². The van der Waals surface area contributed by atoms with E-state index in [0.717, 1.165) is 38.5 Å². The molecule has 0 aliphatic heterocycles. The zero-order chi connectivity index (χ0) is 32.5. The Labute approximate surface area is 269 Å². The molecule has 7 nitrogen and oxygen atoms in total. The first kappa shape index (κ1) is 42.0. The lowest BCUT2D eigenvalue weighted by Gasteiger charge is -2.16. The van der Waals surface area contributed by atoms with Crippen molar-refractivity contribution in [3.8, 4) is 0 Å². The molecule has 0 aromatic rings. The molecule has 0 aromatic carbocycles. The van der Waals surface area contributed by atoms with Crippen molar-refractivity contribution in [3.63, 3.8) is 0 Å². The smallest absolute Gasteiger partial charge is 0.305 e. The van der Waals surface area contributed by atoms with Gasteiger partial charge in [0.25, 0.3) is 0 Å². The van der Waals surface area contributed by atoms with E-state index in [1.54, 1.807) is 0 Å². The fraction of sp³-hybridized carbons (Fsp3) is 0.784. The standard InChI is InChI=1S/C37H66O7/c1-3-5-7-9-11-13-15-17-18-20-22-24-27-34(39)35(40)28-26-30-37(42)44-32-33(38)31-43-36(41)29-25-23-21-19-16-14-12-10-8-6-4-2/h11,13,17-18,22,24,33-35,38-40H,3-10,12,14-16,19-21,23,25-32H2,1-2H3/b13-11-,18-17-,24-22-/t33-,34?,35?/m1/s1. The molecule has 0 spiro atoms. The minimum atomic E-state index is -1.07. The van der Waals surface area contributed by atoms with Gasteiger partial charge in [0.05, 0.1) is 12.2 Å². The number of carbonyl (C=O) groups is 2. The third-order valence-electron chi connectivity index (χ3n) is 7.58. The molecule has 2 unspecified atom stereocenters. The first-order chi connectivity index (χ1) is 21.4. The summed E-state index contributed by atoms with van der Waals surface area (Å²) in [5.74, 6) is -0.841. The molecule has 0 aliphatic rings. The third kappa shape index (κ3) is 30.1. The van der Waals surface area contributed by atoms with Gasteiger partial charge in [-0.05, 0) is 51.4 Å². The molecular weight excluding hydrogens is 556 g/mol. The molecule has 0 heterocycles. The molecule has 3 atom stereocenters. The van der Waals surface area contributed by atoms with Gasteiger partial charge in [0.15, 0.2) is 0 Å². The average molecular weight is 623 g/mol. The predicted molar refractivity (Wildman–Crippen MR) is 180 cm³/mol. The Morgan fingerprint density at radius 1 is 0.545 bits per heavy atom. The number of allylic oxidation sites excluding steroid dienone is 5. The van der Waals surface area contributed by atoms with Gasteiger partial charge in [0.1, 0.15) is 19.3 Å². The van der Waals surface area contributed by atoms with Crippen LogP contribution in [0.5, 0.6) is 0 Å². The number of hydrogen-bond donors (Lipinski definition) is 3. The van der Waals surface area contributed by atoms with Gasteiger partial charge in [-0.3, -0.25) is 9.59 Å². The SMILES string of the molecule is CCCCC/C=C\C/C=C\C/C=C\CC(O)C(O)CCCC(=O)OC[C@H](O)COC(=O)CCCCCCCCCCCCC. The third-order valence-corrected chi connectivity index (χ3v) is 7.58. The van der Waals surface area contributed by atoms with E-state index in [0.29, 0.717) is 19.3 Å². The van der Waals surface area contributed by atoms with Crippen molar-refractivity contribution in [2.45, 2.75) is 173 Å². The van der Waals surface area contributed by atoms with Crippen molar-refractivity contribution in [2.24, 2.45) is 0 Å². The largest absolute Gasteiger partial charge is 0.463 e. The quantitative estimate of drug-likeness (QED) is 0.0404. The van der Waals surface area contributed by atoms with Crippen molar-refractivity contribution in [2.75, 3.05) is 13.2 Å². The van der Waals surface area contributed by atoms with Crippen LogP contribution in [-0.2, 0) is 19.1 Å². The van der Waals surface area contributed by atoms with Crippen LogP contribution in [0.3, 0.4) is 0 Å². The van der Waals surface area contributed by atoms with E-state index in [9.17, 15) is 24.9 Å². The number of aliphatic hydroxyl groups excluding tert-OH is 3. The zero-order valence-electron chi connectivity index (χ0n) is 28.1. The molecule has 3 N–H and O–H groups in total. The van der Waals surface area contributed by atoms with E-state index < -0.39 is 24.3 Å². The van der Waals surface area contributed by atoms with Crippen LogP contribution in [0.25, 0.3) is 0 Å². The molecule has 0 saturated heterocycles. The second-order valence-electron chi connectivity index (χ2n) is 11.9. The summed E-state index contributed by atoms with van der Waals surface area (Å²) in [6, 6.07) is 0. The number of aliphatic hydroxyl groups is 3. The minimum absolute atomic E-state index is 0.0723. The lowest BCUT2D eigenvalue weighted by atomic mass is 10.0. The molecule has 0 aliphatic carbocycles. The van der Waals surface area contributed by atoms with Gasteiger partial charge in [-0.2, -0.15) is 0 Å². The van der Waals surface area contributed by atoms with E-state index in [1.807, 2.05) is 12.2 Å². The maximum Gasteiger partial charge on any atom is 0.305 e. The maximum atomic E-state index is 12.0. The predicted octanol–water partition coefficient (Wildman–Crippen LogP) is 8.45. The first-order valence-electron chi connectivity index (χ1n) is 17.7. The summed E-state index contributed by atoms with van der Waals surface area (Å²) in [6.45, 7) is 3.99. The van der Waals surface area contributed by atoms with Gasteiger partial charge in [0, 0.05) is 12.8 Å². The number of carbonyl (C=O) groups excluding carboxylic acids is 2. The summed E-state index contributed by atoms with van der Waals surface area (Å²) < 4.78 is 10.2. The average Bonchev–Trinajstić information content (AvgIpc) is 3.01. The van der Waals surface area contributed by atoms with Crippen molar-refractivity contribution >= 4 is 11.9 Å². The normalized spacial score (nSPS) is 14.0. The van der Waals surface area contributed by atoms with Crippen LogP contribution in [-0.4, -0.2) is 58.8 Å². The van der Waals surface area contributed by atoms with Gasteiger partial charge >= 0.3 is 11.9 Å². The van der Waals surface area contributed by atoms with Gasteiger partial charge < -0.3 is 24.8 Å². The summed E-state index contributed by atoms with van der Waals surface area (Å²) in [6.07, 6.45) is 30.9. The second kappa shape index (κ2) is 32.4. The fourth-order valence-corrected chi connectivity index (χ4v) is 4.72. The van der Waals surface area contributed by atoms with Crippen molar-refractivity contribution in [3.05, 3.63) is 36.5 Å². The molecule has 0 amide bonds. The summed E-state index contributed by atoms with van der Waals surface area (Å²) in [4.78, 5) is 23.8. The zero-order valence-corrected chi connectivity index (χ0v) is 28.1. The highest BCUT2D eigenvalue weighted by Gasteiger charge is 2.16. The van der Waals surface area contributed by atoms with E-state index in [2.05, 4.69) is 38.2 Å². The van der Waals surface area contributed by atoms with Crippen molar-refractivity contribution in [1.82, 2.24) is 0 Å². The second-order valence-corrected chi connectivity index (χ2v) is 11.9. The van der Waals surface area contributed by atoms with Gasteiger partial charge in [-0.1, -0.05) is 127 Å². The monoisotopic (exact) mass is 622 g/mol. The highest BCUT2D eigenvalue weighted by molar-refractivity contribution is 5.69. The maximum absolute atomic E-state index is 12.0. The Balaban J connectivity index is 3.73. The van der Waals surface area contributed by atoms with Crippen molar-refractivity contribution in [1.29, 1.82) is 0 Å². The first-order valence-corrected chi connectivity index (χ1v) is 17.7. The molecule has 0 radical (unpaired) electrons. The van der Waals surface area contributed by atoms with Crippen LogP contribution in [0.2, 0.25) is 0 Å². The number of esters is 2. The Bertz CT molecular complexity index is 746. The molecule has 0 fully saturated rings. The highest BCUT2D eigenvalue weighted by atomic mass is 16.6. The Hall–Kier alpha value is -1.96. The summed E-state index contributed by atoms with van der Waals surface area (Å²) in [5, 5.41) is 30.3. The summed E-state index contributed by atoms with van der Waals surface area (Å²) in [7, 11) is 0. The lowest BCUT2D eigenvalue weighted by molar-refractivity contribution is -0.152. The van der Waals surface area contributed by atoms with E-state index in [1.165, 1.54) is 70.6 Å². The molecule has 256 valence electrons. The van der Waals surface area contributed by atoms with Gasteiger partial charge in [-0.25, -0.2) is 0 Å². The number of ether oxygens (including phenoxy) is 2. The molecule has 0 rings (SSSR count). The molecule has 0 aromatic heterocycles. The summed E-state index contributed by atoms with van der Waals surface area (Å²) in [5.41, 5.74) is 0. The van der Waals surface area contributed by atoms with E-state index >= 15 is 0 Å². The Morgan fingerprint density at radius 2 is 1.00 bits per heavy atom. The van der Waals surface area contributed by atoms with Crippen LogP contribution >= 0.6 is 0 Å². The van der Waals surface area contributed by atoms with E-state index in [-0.39, 0.29) is 32.0 Å².